The predicted molar refractivity (Wildman–Crippen MR) is 87.2 cm³/mol. The van der Waals surface area contributed by atoms with E-state index in [2.05, 4.69) is 5.32 Å². The molecule has 1 aromatic heterocycles. The number of likely N-dealkylation sites (N-methyl/N-ethyl adjacent to an activating group) is 1. The van der Waals surface area contributed by atoms with Crippen molar-refractivity contribution in [2.45, 2.75) is 6.04 Å². The number of nitrogens with zero attached hydrogens (tertiary/aromatic N) is 1. The third-order valence-corrected chi connectivity index (χ3v) is 3.50. The van der Waals surface area contributed by atoms with Gasteiger partial charge in [0.1, 0.15) is 6.04 Å². The van der Waals surface area contributed by atoms with Gasteiger partial charge in [0, 0.05) is 12.1 Å². The minimum Gasteiger partial charge on any atom is -0.459 e. The maximum atomic E-state index is 12.1. The molecular formula is C16H16ClN3O4. The van der Waals surface area contributed by atoms with E-state index in [-0.39, 0.29) is 12.3 Å². The van der Waals surface area contributed by atoms with E-state index in [4.69, 9.17) is 21.8 Å². The summed E-state index contributed by atoms with van der Waals surface area (Å²) in [7, 11) is 1.45. The van der Waals surface area contributed by atoms with E-state index in [1.165, 1.54) is 24.3 Å². The Labute approximate surface area is 143 Å². The summed E-state index contributed by atoms with van der Waals surface area (Å²) in [5.41, 5.74) is 5.84. The largest absolute Gasteiger partial charge is 0.459 e. The molecule has 3 amide bonds. The number of amides is 3. The van der Waals surface area contributed by atoms with Crippen LogP contribution >= 0.6 is 11.6 Å². The molecule has 1 atom stereocenters. The van der Waals surface area contributed by atoms with E-state index in [1.54, 1.807) is 30.3 Å². The first-order valence-corrected chi connectivity index (χ1v) is 7.39. The smallest absolute Gasteiger partial charge is 0.289 e. The fourth-order valence-corrected chi connectivity index (χ4v) is 2.18. The highest BCUT2D eigenvalue weighted by Crippen LogP contribution is 2.16. The van der Waals surface area contributed by atoms with E-state index >= 15 is 0 Å². The topological polar surface area (TPSA) is 106 Å². The number of primary amides is 1. The van der Waals surface area contributed by atoms with Gasteiger partial charge in [-0.3, -0.25) is 14.4 Å². The second-order valence-corrected chi connectivity index (χ2v) is 5.53. The molecule has 1 aromatic carbocycles. The average molecular weight is 350 g/mol. The molecule has 0 aliphatic carbocycles. The van der Waals surface area contributed by atoms with Crippen molar-refractivity contribution in [3.63, 3.8) is 0 Å². The van der Waals surface area contributed by atoms with Crippen molar-refractivity contribution in [3.8, 4) is 0 Å². The Balaban J connectivity index is 2.02. The highest BCUT2D eigenvalue weighted by Gasteiger charge is 2.23. The summed E-state index contributed by atoms with van der Waals surface area (Å²) in [6.45, 7) is -0.253. The van der Waals surface area contributed by atoms with Crippen LogP contribution in [0.5, 0.6) is 0 Å². The molecule has 2 aromatic rings. The first-order chi connectivity index (χ1) is 11.4. The van der Waals surface area contributed by atoms with E-state index in [1.807, 2.05) is 0 Å². The van der Waals surface area contributed by atoms with Crippen molar-refractivity contribution >= 4 is 29.3 Å². The summed E-state index contributed by atoms with van der Waals surface area (Å²) in [4.78, 5) is 36.9. The van der Waals surface area contributed by atoms with Crippen LogP contribution in [0.25, 0.3) is 0 Å². The van der Waals surface area contributed by atoms with Crippen LogP contribution < -0.4 is 11.1 Å². The number of nitrogens with one attached hydrogen (secondary N) is 1. The zero-order valence-electron chi connectivity index (χ0n) is 12.9. The maximum Gasteiger partial charge on any atom is 0.289 e. The van der Waals surface area contributed by atoms with Crippen molar-refractivity contribution < 1.29 is 18.8 Å². The number of carbonyl (C=O) groups excluding carboxylic acids is 3. The Bertz CT molecular complexity index is 728. The minimum atomic E-state index is -1.01. The third-order valence-electron chi connectivity index (χ3n) is 3.25. The van der Waals surface area contributed by atoms with Gasteiger partial charge in [0.05, 0.1) is 12.8 Å². The van der Waals surface area contributed by atoms with Crippen LogP contribution in [-0.4, -0.2) is 36.2 Å². The van der Waals surface area contributed by atoms with Crippen LogP contribution in [0.4, 0.5) is 0 Å². The average Bonchev–Trinajstić information content (AvgIpc) is 3.07. The lowest BCUT2D eigenvalue weighted by Crippen LogP contribution is -2.43. The number of benzene rings is 1. The van der Waals surface area contributed by atoms with Gasteiger partial charge < -0.3 is 20.4 Å². The van der Waals surface area contributed by atoms with Crippen molar-refractivity contribution in [1.82, 2.24) is 10.2 Å². The second kappa shape index (κ2) is 7.65. The van der Waals surface area contributed by atoms with Gasteiger partial charge >= 0.3 is 0 Å². The van der Waals surface area contributed by atoms with Crippen molar-refractivity contribution in [2.75, 3.05) is 13.6 Å². The van der Waals surface area contributed by atoms with Crippen LogP contribution in [0.15, 0.2) is 47.1 Å². The molecule has 8 heteroatoms. The predicted octanol–water partition coefficient (Wildman–Crippen LogP) is 1.35. The van der Waals surface area contributed by atoms with Gasteiger partial charge in [-0.05, 0) is 29.8 Å². The summed E-state index contributed by atoms with van der Waals surface area (Å²) in [6.07, 6.45) is 1.37. The van der Waals surface area contributed by atoms with Crippen molar-refractivity contribution in [3.05, 3.63) is 59.0 Å². The zero-order valence-corrected chi connectivity index (χ0v) is 13.6. The number of halogens is 1. The summed E-state index contributed by atoms with van der Waals surface area (Å²) < 4.78 is 4.99. The molecule has 0 radical (unpaired) electrons. The Morgan fingerprint density at radius 3 is 2.46 bits per heavy atom. The SMILES string of the molecule is CN(CC(=O)NC(C(N)=O)c1ccc(Cl)cc1)C(=O)c1ccco1. The lowest BCUT2D eigenvalue weighted by Gasteiger charge is -2.19. The van der Waals surface area contributed by atoms with Gasteiger partial charge in [-0.1, -0.05) is 23.7 Å². The molecule has 1 unspecified atom stereocenters. The zero-order chi connectivity index (χ0) is 17.7. The van der Waals surface area contributed by atoms with E-state index in [9.17, 15) is 14.4 Å². The molecule has 0 spiro atoms. The summed E-state index contributed by atoms with van der Waals surface area (Å²) in [5, 5.41) is 3.00. The van der Waals surface area contributed by atoms with Crippen LogP contribution in [0.1, 0.15) is 22.2 Å². The van der Waals surface area contributed by atoms with Gasteiger partial charge in [-0.15, -0.1) is 0 Å². The van der Waals surface area contributed by atoms with Crippen LogP contribution in [0, 0.1) is 0 Å². The van der Waals surface area contributed by atoms with E-state index in [0.717, 1.165) is 0 Å². The number of nitrogens with two attached hydrogens (primary N) is 1. The quantitative estimate of drug-likeness (QED) is 0.821. The number of hydrogen-bond donors (Lipinski definition) is 2. The summed E-state index contributed by atoms with van der Waals surface area (Å²) in [5.74, 6) is -1.58. The lowest BCUT2D eigenvalue weighted by molar-refractivity contribution is -0.127. The fourth-order valence-electron chi connectivity index (χ4n) is 2.06. The second-order valence-electron chi connectivity index (χ2n) is 5.09. The van der Waals surface area contributed by atoms with Gasteiger partial charge in [0.2, 0.25) is 11.8 Å². The highest BCUT2D eigenvalue weighted by atomic mass is 35.5. The molecule has 0 fully saturated rings. The first-order valence-electron chi connectivity index (χ1n) is 7.01. The molecule has 0 aliphatic rings. The number of carbonyl (C=O) groups is 3. The highest BCUT2D eigenvalue weighted by molar-refractivity contribution is 6.30. The van der Waals surface area contributed by atoms with E-state index < -0.39 is 23.8 Å². The van der Waals surface area contributed by atoms with Gasteiger partial charge in [-0.2, -0.15) is 0 Å². The van der Waals surface area contributed by atoms with E-state index in [0.29, 0.717) is 10.6 Å². The Morgan fingerprint density at radius 1 is 1.25 bits per heavy atom. The molecule has 1 heterocycles. The van der Waals surface area contributed by atoms with Gasteiger partial charge in [0.15, 0.2) is 5.76 Å². The van der Waals surface area contributed by atoms with Crippen LogP contribution in [-0.2, 0) is 9.59 Å². The Morgan fingerprint density at radius 2 is 1.92 bits per heavy atom. The minimum absolute atomic E-state index is 0.120. The number of furan rings is 1. The lowest BCUT2D eigenvalue weighted by atomic mass is 10.1. The third kappa shape index (κ3) is 4.36. The fraction of sp³-hybridized carbons (Fsp3) is 0.188. The van der Waals surface area contributed by atoms with Crippen molar-refractivity contribution in [1.29, 1.82) is 0 Å². The number of hydrogen-bond acceptors (Lipinski definition) is 4. The molecule has 3 N–H and O–H groups in total. The molecule has 0 bridgehead atoms. The van der Waals surface area contributed by atoms with Gasteiger partial charge in [0.25, 0.3) is 5.91 Å². The standard InChI is InChI=1S/C16H16ClN3O4/c1-20(16(23)12-3-2-8-24-12)9-13(21)19-14(15(18)22)10-4-6-11(17)7-5-10/h2-8,14H,9H2,1H3,(H2,18,22)(H,19,21). The first kappa shape index (κ1) is 17.6. The molecule has 24 heavy (non-hydrogen) atoms. The Kier molecular flexibility index (Phi) is 5.59. The van der Waals surface area contributed by atoms with Gasteiger partial charge in [-0.25, -0.2) is 0 Å². The Hall–Kier alpha value is -2.80. The molecule has 7 nitrogen and oxygen atoms in total. The van der Waals surface area contributed by atoms with Crippen molar-refractivity contribution in [2.24, 2.45) is 5.73 Å². The van der Waals surface area contributed by atoms with Crippen LogP contribution in [0.3, 0.4) is 0 Å². The molecule has 0 aliphatic heterocycles. The molecule has 0 saturated heterocycles. The van der Waals surface area contributed by atoms with Crippen LogP contribution in [0.2, 0.25) is 5.02 Å². The monoisotopic (exact) mass is 349 g/mol. The normalized spacial score (nSPS) is 11.6. The molecule has 126 valence electrons. The molecular weight excluding hydrogens is 334 g/mol. The summed E-state index contributed by atoms with van der Waals surface area (Å²) in [6, 6.07) is 8.42. The summed E-state index contributed by atoms with van der Waals surface area (Å²) >= 11 is 5.80. The molecule has 2 rings (SSSR count). The molecule has 0 saturated carbocycles. The number of rotatable bonds is 6. The maximum absolute atomic E-state index is 12.1.